The van der Waals surface area contributed by atoms with Crippen molar-refractivity contribution in [3.63, 3.8) is 0 Å². The summed E-state index contributed by atoms with van der Waals surface area (Å²) in [7, 11) is 0. The highest BCUT2D eigenvalue weighted by Crippen LogP contribution is 2.16. The summed E-state index contributed by atoms with van der Waals surface area (Å²) in [6, 6.07) is 7.40. The predicted octanol–water partition coefficient (Wildman–Crippen LogP) is 1.47. The lowest BCUT2D eigenvalue weighted by molar-refractivity contribution is 0.0262. The second-order valence-corrected chi connectivity index (χ2v) is 6.44. The maximum Gasteiger partial charge on any atom is 0.119 e. The Morgan fingerprint density at radius 2 is 1.83 bits per heavy atom. The van der Waals surface area contributed by atoms with Crippen LogP contribution in [0.25, 0.3) is 0 Å². The van der Waals surface area contributed by atoms with E-state index in [4.69, 9.17) is 16.3 Å². The number of rotatable bonds is 8. The Labute approximate surface area is 143 Å². The maximum atomic E-state index is 10.1. The Morgan fingerprint density at radius 1 is 1.17 bits per heavy atom. The number of piperazine rings is 1. The Bertz CT molecular complexity index is 446. The molecular formula is C17H27ClN2O3. The summed E-state index contributed by atoms with van der Waals surface area (Å²) in [5, 5.41) is 20.2. The van der Waals surface area contributed by atoms with E-state index >= 15 is 0 Å². The molecule has 0 radical (unpaired) electrons. The molecule has 0 aliphatic carbocycles. The summed E-state index contributed by atoms with van der Waals surface area (Å²) in [6.07, 6.45) is 0.450. The Balaban J connectivity index is 1.68. The molecule has 1 aromatic carbocycles. The lowest BCUT2D eigenvalue weighted by Crippen LogP contribution is -2.52. The van der Waals surface area contributed by atoms with Gasteiger partial charge < -0.3 is 14.9 Å². The van der Waals surface area contributed by atoms with Gasteiger partial charge in [-0.1, -0.05) is 18.5 Å². The first kappa shape index (κ1) is 18.5. The van der Waals surface area contributed by atoms with Gasteiger partial charge in [-0.25, -0.2) is 0 Å². The minimum atomic E-state index is -0.517. The van der Waals surface area contributed by atoms with Crippen LogP contribution in [-0.4, -0.2) is 78.1 Å². The maximum absolute atomic E-state index is 10.1. The van der Waals surface area contributed by atoms with Gasteiger partial charge >= 0.3 is 0 Å². The van der Waals surface area contributed by atoms with Crippen LogP contribution in [0, 0.1) is 0 Å². The molecule has 2 atom stereocenters. The molecule has 0 saturated carbocycles. The third-order valence-electron chi connectivity index (χ3n) is 4.33. The highest BCUT2D eigenvalue weighted by molar-refractivity contribution is 6.30. The normalized spacial score (nSPS) is 19.5. The molecule has 1 fully saturated rings. The minimum absolute atomic E-state index is 0.216. The highest BCUT2D eigenvalue weighted by Gasteiger charge is 2.23. The van der Waals surface area contributed by atoms with Crippen molar-refractivity contribution in [1.29, 1.82) is 0 Å². The standard InChI is InChI=1S/C17H27ClN2O3/c1-2-15(12-21)20-9-7-19(8-10-20)11-16(22)13-23-17-5-3-14(18)4-6-17/h3-6,15-16,21-22H,2,7-13H2,1H3. The third kappa shape index (κ3) is 5.94. The molecule has 23 heavy (non-hydrogen) atoms. The molecule has 0 spiro atoms. The zero-order valence-corrected chi connectivity index (χ0v) is 14.5. The van der Waals surface area contributed by atoms with E-state index in [1.807, 2.05) is 0 Å². The van der Waals surface area contributed by atoms with Gasteiger partial charge in [-0.15, -0.1) is 0 Å². The van der Waals surface area contributed by atoms with Gasteiger partial charge in [-0.3, -0.25) is 9.80 Å². The third-order valence-corrected chi connectivity index (χ3v) is 4.58. The Hall–Kier alpha value is -0.850. The molecule has 1 aromatic rings. The first-order valence-electron chi connectivity index (χ1n) is 8.26. The minimum Gasteiger partial charge on any atom is -0.491 e. The Kier molecular flexibility index (Phi) is 7.59. The fourth-order valence-electron chi connectivity index (χ4n) is 2.89. The summed E-state index contributed by atoms with van der Waals surface area (Å²) in [5.74, 6) is 0.715. The van der Waals surface area contributed by atoms with Crippen LogP contribution in [0.4, 0.5) is 0 Å². The number of hydrogen-bond donors (Lipinski definition) is 2. The van der Waals surface area contributed by atoms with Crippen molar-refractivity contribution < 1.29 is 14.9 Å². The van der Waals surface area contributed by atoms with Crippen LogP contribution in [0.3, 0.4) is 0 Å². The van der Waals surface area contributed by atoms with Gasteiger partial charge in [0.25, 0.3) is 0 Å². The number of hydrogen-bond acceptors (Lipinski definition) is 5. The number of aliphatic hydroxyl groups excluding tert-OH is 2. The van der Waals surface area contributed by atoms with Gasteiger partial charge in [-0.05, 0) is 30.7 Å². The number of halogens is 1. The summed E-state index contributed by atoms with van der Waals surface area (Å²) >= 11 is 5.83. The molecule has 1 saturated heterocycles. The summed E-state index contributed by atoms with van der Waals surface area (Å²) in [4.78, 5) is 4.57. The average Bonchev–Trinajstić information content (AvgIpc) is 2.57. The van der Waals surface area contributed by atoms with Gasteiger partial charge in [0, 0.05) is 43.8 Å². The van der Waals surface area contributed by atoms with E-state index in [0.29, 0.717) is 17.3 Å². The van der Waals surface area contributed by atoms with E-state index in [-0.39, 0.29) is 19.3 Å². The number of aliphatic hydroxyl groups is 2. The smallest absolute Gasteiger partial charge is 0.119 e. The number of ether oxygens (including phenoxy) is 1. The fourth-order valence-corrected chi connectivity index (χ4v) is 3.01. The van der Waals surface area contributed by atoms with Crippen molar-refractivity contribution in [2.45, 2.75) is 25.5 Å². The Morgan fingerprint density at radius 3 is 2.39 bits per heavy atom. The molecule has 0 bridgehead atoms. The van der Waals surface area contributed by atoms with Gasteiger partial charge in [0.05, 0.1) is 6.61 Å². The molecule has 1 aliphatic heterocycles. The number of nitrogens with zero attached hydrogens (tertiary/aromatic N) is 2. The molecule has 130 valence electrons. The molecule has 0 amide bonds. The van der Waals surface area contributed by atoms with Crippen LogP contribution in [0.5, 0.6) is 5.75 Å². The SMILES string of the molecule is CCC(CO)N1CCN(CC(O)COc2ccc(Cl)cc2)CC1. The van der Waals surface area contributed by atoms with Crippen LogP contribution < -0.4 is 4.74 Å². The monoisotopic (exact) mass is 342 g/mol. The lowest BCUT2D eigenvalue weighted by atomic mass is 10.1. The van der Waals surface area contributed by atoms with Crippen LogP contribution in [-0.2, 0) is 0 Å². The van der Waals surface area contributed by atoms with E-state index in [2.05, 4.69) is 16.7 Å². The topological polar surface area (TPSA) is 56.2 Å². The zero-order chi connectivity index (χ0) is 16.7. The molecule has 1 aliphatic rings. The van der Waals surface area contributed by atoms with E-state index in [1.54, 1.807) is 24.3 Å². The largest absolute Gasteiger partial charge is 0.491 e. The molecule has 6 heteroatoms. The second-order valence-electron chi connectivity index (χ2n) is 6.00. The van der Waals surface area contributed by atoms with E-state index in [0.717, 1.165) is 32.6 Å². The first-order valence-corrected chi connectivity index (χ1v) is 8.63. The van der Waals surface area contributed by atoms with Crippen molar-refractivity contribution in [1.82, 2.24) is 9.80 Å². The van der Waals surface area contributed by atoms with E-state index in [1.165, 1.54) is 0 Å². The molecular weight excluding hydrogens is 316 g/mol. The van der Waals surface area contributed by atoms with Crippen LogP contribution in [0.1, 0.15) is 13.3 Å². The van der Waals surface area contributed by atoms with Crippen molar-refractivity contribution >= 4 is 11.6 Å². The predicted molar refractivity (Wildman–Crippen MR) is 92.1 cm³/mol. The van der Waals surface area contributed by atoms with E-state index in [9.17, 15) is 10.2 Å². The summed E-state index contributed by atoms with van der Waals surface area (Å²) in [5.41, 5.74) is 0. The molecule has 2 rings (SSSR count). The van der Waals surface area contributed by atoms with Crippen molar-refractivity contribution in [2.75, 3.05) is 45.9 Å². The lowest BCUT2D eigenvalue weighted by Gasteiger charge is -2.39. The molecule has 1 heterocycles. The quantitative estimate of drug-likeness (QED) is 0.749. The number of benzene rings is 1. The van der Waals surface area contributed by atoms with E-state index < -0.39 is 6.10 Å². The van der Waals surface area contributed by atoms with Gasteiger partial charge in [0.2, 0.25) is 0 Å². The molecule has 5 nitrogen and oxygen atoms in total. The van der Waals surface area contributed by atoms with Crippen molar-refractivity contribution in [3.8, 4) is 5.75 Å². The first-order chi connectivity index (χ1) is 11.1. The molecule has 2 unspecified atom stereocenters. The highest BCUT2D eigenvalue weighted by atomic mass is 35.5. The summed E-state index contributed by atoms with van der Waals surface area (Å²) < 4.78 is 5.58. The van der Waals surface area contributed by atoms with Crippen LogP contribution >= 0.6 is 11.6 Å². The van der Waals surface area contributed by atoms with Crippen molar-refractivity contribution in [3.05, 3.63) is 29.3 Å². The second kappa shape index (κ2) is 9.45. The zero-order valence-electron chi connectivity index (χ0n) is 13.7. The fraction of sp³-hybridized carbons (Fsp3) is 0.647. The molecule has 2 N–H and O–H groups in total. The molecule has 0 aromatic heterocycles. The van der Waals surface area contributed by atoms with Gasteiger partial charge in [0.15, 0.2) is 0 Å². The van der Waals surface area contributed by atoms with Crippen molar-refractivity contribution in [2.24, 2.45) is 0 Å². The van der Waals surface area contributed by atoms with Gasteiger partial charge in [0.1, 0.15) is 18.5 Å². The average molecular weight is 343 g/mol. The van der Waals surface area contributed by atoms with Crippen LogP contribution in [0.2, 0.25) is 5.02 Å². The number of β-amino-alcohol motifs (C(OH)–C–C–N with tert-alkyl or cyclic N) is 1. The summed E-state index contributed by atoms with van der Waals surface area (Å²) in [6.45, 7) is 6.89. The van der Waals surface area contributed by atoms with Gasteiger partial charge in [-0.2, -0.15) is 0 Å². The van der Waals surface area contributed by atoms with Crippen LogP contribution in [0.15, 0.2) is 24.3 Å².